The zero-order valence-corrected chi connectivity index (χ0v) is 30.5. The summed E-state index contributed by atoms with van der Waals surface area (Å²) in [5.74, 6) is -2.32. The van der Waals surface area contributed by atoms with Crippen LogP contribution in [0.25, 0.3) is 0 Å². The van der Waals surface area contributed by atoms with Crippen LogP contribution < -0.4 is 16.1 Å². The number of rotatable bonds is 19. The number of nitrogens with one attached hydrogen (secondary N) is 3. The molecule has 0 spiro atoms. The Hall–Kier alpha value is -2.81. The Morgan fingerprint density at radius 3 is 2.17 bits per heavy atom. The first-order chi connectivity index (χ1) is 22.8. The lowest BCUT2D eigenvalue weighted by molar-refractivity contribution is -0.146. The van der Waals surface area contributed by atoms with E-state index in [2.05, 4.69) is 15.5 Å². The van der Waals surface area contributed by atoms with Crippen molar-refractivity contribution in [1.82, 2.24) is 30.8 Å². The molecule has 4 N–H and O–H groups in total. The summed E-state index contributed by atoms with van der Waals surface area (Å²) in [7, 11) is 4.73. The second kappa shape index (κ2) is 20.6. The molecule has 14 heteroatoms. The molecule has 0 aliphatic carbocycles. The van der Waals surface area contributed by atoms with Gasteiger partial charge in [0.15, 0.2) is 0 Å². The van der Waals surface area contributed by atoms with Gasteiger partial charge in [-0.1, -0.05) is 47.5 Å². The molecule has 7 unspecified atom stereocenters. The van der Waals surface area contributed by atoms with Gasteiger partial charge in [-0.3, -0.25) is 34.1 Å². The SMILES string of the molecule is CCC(C)C(C(CC(=O)N1CCCC1C(OC)C(C)C(=O)NC(CC(C)C)C(=O)NO)OC)N(C)C(=O)CNC(=O)CN1CCCCC1. The average molecular weight is 683 g/mol. The van der Waals surface area contributed by atoms with Gasteiger partial charge in [0, 0.05) is 27.8 Å². The summed E-state index contributed by atoms with van der Waals surface area (Å²) >= 11 is 0. The topological polar surface area (TPSA) is 170 Å². The van der Waals surface area contributed by atoms with Crippen molar-refractivity contribution >= 4 is 29.5 Å². The average Bonchev–Trinajstić information content (AvgIpc) is 3.56. The number of methoxy groups -OCH3 is 2. The van der Waals surface area contributed by atoms with Gasteiger partial charge in [-0.05, 0) is 57.0 Å². The van der Waals surface area contributed by atoms with Crippen molar-refractivity contribution in [3.05, 3.63) is 0 Å². The standard InChI is InChI=1S/C34H62N6O8/c1-9-23(4)31(38(6)30(43)20-35-28(41)21-39-15-11-10-12-16-39)27(47-7)19-29(42)40-17-13-14-26(40)32(48-8)24(5)33(44)36-25(18-22(2)3)34(45)37-46/h22-27,31-32,46H,9-21H2,1-8H3,(H,35,41)(H,36,44)(H,37,45). The molecule has 2 aliphatic heterocycles. The summed E-state index contributed by atoms with van der Waals surface area (Å²) < 4.78 is 11.7. The maximum absolute atomic E-state index is 13.9. The van der Waals surface area contributed by atoms with Gasteiger partial charge in [-0.25, -0.2) is 5.48 Å². The van der Waals surface area contributed by atoms with Crippen LogP contribution in [0.15, 0.2) is 0 Å². The Morgan fingerprint density at radius 1 is 0.938 bits per heavy atom. The van der Waals surface area contributed by atoms with Crippen LogP contribution >= 0.6 is 0 Å². The van der Waals surface area contributed by atoms with Gasteiger partial charge in [0.05, 0.1) is 49.7 Å². The summed E-state index contributed by atoms with van der Waals surface area (Å²) in [5.41, 5.74) is 1.63. The third-order valence-corrected chi connectivity index (χ3v) is 10.0. The van der Waals surface area contributed by atoms with Crippen molar-refractivity contribution in [2.24, 2.45) is 17.8 Å². The van der Waals surface area contributed by atoms with Crippen molar-refractivity contribution in [1.29, 1.82) is 0 Å². The molecule has 48 heavy (non-hydrogen) atoms. The molecule has 0 aromatic rings. The molecule has 2 rings (SSSR count). The molecule has 2 heterocycles. The van der Waals surface area contributed by atoms with Gasteiger partial charge < -0.3 is 29.9 Å². The molecular weight excluding hydrogens is 620 g/mol. The van der Waals surface area contributed by atoms with Gasteiger partial charge >= 0.3 is 0 Å². The Kier molecular flexibility index (Phi) is 17.8. The molecule has 2 saturated heterocycles. The number of carbonyl (C=O) groups excluding carboxylic acids is 5. The molecule has 14 nitrogen and oxygen atoms in total. The number of nitrogens with zero attached hydrogens (tertiary/aromatic N) is 3. The molecule has 0 radical (unpaired) electrons. The highest BCUT2D eigenvalue weighted by atomic mass is 16.5. The first kappa shape index (κ1) is 41.4. The fourth-order valence-corrected chi connectivity index (χ4v) is 7.08. The lowest BCUT2D eigenvalue weighted by atomic mass is 9.90. The highest BCUT2D eigenvalue weighted by Crippen LogP contribution is 2.29. The third kappa shape index (κ3) is 12.0. The van der Waals surface area contributed by atoms with E-state index in [1.165, 1.54) is 20.6 Å². The molecule has 0 bridgehead atoms. The molecule has 0 aromatic heterocycles. The highest BCUT2D eigenvalue weighted by molar-refractivity contribution is 5.88. The van der Waals surface area contributed by atoms with E-state index in [9.17, 15) is 29.2 Å². The zero-order valence-electron chi connectivity index (χ0n) is 30.5. The smallest absolute Gasteiger partial charge is 0.265 e. The van der Waals surface area contributed by atoms with Crippen LogP contribution in [0.2, 0.25) is 0 Å². The quantitative estimate of drug-likeness (QED) is 0.117. The maximum Gasteiger partial charge on any atom is 0.265 e. The molecule has 7 atom stereocenters. The number of ether oxygens (including phenoxy) is 2. The number of likely N-dealkylation sites (tertiary alicyclic amines) is 2. The predicted octanol–water partition coefficient (Wildman–Crippen LogP) is 1.55. The number of hydrogen-bond donors (Lipinski definition) is 4. The van der Waals surface area contributed by atoms with Crippen LogP contribution in [0.5, 0.6) is 0 Å². The Balaban J connectivity index is 2.11. The van der Waals surface area contributed by atoms with Gasteiger partial charge in [0.25, 0.3) is 5.91 Å². The molecule has 0 aromatic carbocycles. The monoisotopic (exact) mass is 682 g/mol. The molecule has 5 amide bonds. The van der Waals surface area contributed by atoms with E-state index in [0.717, 1.165) is 38.8 Å². The second-order valence-corrected chi connectivity index (χ2v) is 13.9. The Labute approximate surface area is 286 Å². The van der Waals surface area contributed by atoms with Crippen molar-refractivity contribution in [3.8, 4) is 0 Å². The minimum Gasteiger partial charge on any atom is -0.379 e. The summed E-state index contributed by atoms with van der Waals surface area (Å²) in [5, 5.41) is 14.7. The van der Waals surface area contributed by atoms with E-state index in [0.29, 0.717) is 19.4 Å². The van der Waals surface area contributed by atoms with Gasteiger partial charge in [0.1, 0.15) is 6.04 Å². The van der Waals surface area contributed by atoms with Crippen LogP contribution in [-0.2, 0) is 33.4 Å². The van der Waals surface area contributed by atoms with Gasteiger partial charge in [-0.2, -0.15) is 0 Å². The predicted molar refractivity (Wildman–Crippen MR) is 181 cm³/mol. The van der Waals surface area contributed by atoms with E-state index in [1.807, 2.05) is 27.7 Å². The van der Waals surface area contributed by atoms with E-state index in [4.69, 9.17) is 9.47 Å². The lowest BCUT2D eigenvalue weighted by Crippen LogP contribution is -2.55. The second-order valence-electron chi connectivity index (χ2n) is 13.9. The molecule has 2 fully saturated rings. The molecule has 0 saturated carbocycles. The fraction of sp³-hybridized carbons (Fsp3) is 0.853. The summed E-state index contributed by atoms with van der Waals surface area (Å²) in [6, 6.07) is -1.71. The number of hydroxylamine groups is 1. The Bertz CT molecular complexity index is 1050. The van der Waals surface area contributed by atoms with Crippen LogP contribution in [0, 0.1) is 17.8 Å². The molecular formula is C34H62N6O8. The first-order valence-electron chi connectivity index (χ1n) is 17.6. The normalized spacial score (nSPS) is 20.7. The third-order valence-electron chi connectivity index (χ3n) is 10.0. The molecule has 276 valence electrons. The largest absolute Gasteiger partial charge is 0.379 e. The van der Waals surface area contributed by atoms with Gasteiger partial charge in [-0.15, -0.1) is 0 Å². The summed E-state index contributed by atoms with van der Waals surface area (Å²) in [6.07, 6.45) is 4.55. The van der Waals surface area contributed by atoms with Crippen LogP contribution in [0.4, 0.5) is 0 Å². The van der Waals surface area contributed by atoms with Crippen molar-refractivity contribution in [3.63, 3.8) is 0 Å². The lowest BCUT2D eigenvalue weighted by Gasteiger charge is -2.39. The van der Waals surface area contributed by atoms with Crippen LogP contribution in [-0.4, -0.2) is 134 Å². The van der Waals surface area contributed by atoms with E-state index in [1.54, 1.807) is 29.3 Å². The minimum atomic E-state index is -0.911. The van der Waals surface area contributed by atoms with Crippen molar-refractivity contribution in [2.75, 3.05) is 54.0 Å². The van der Waals surface area contributed by atoms with Crippen LogP contribution in [0.3, 0.4) is 0 Å². The highest BCUT2D eigenvalue weighted by Gasteiger charge is 2.42. The number of carbonyl (C=O) groups is 5. The van der Waals surface area contributed by atoms with Gasteiger partial charge in [0.2, 0.25) is 23.6 Å². The number of hydrogen-bond acceptors (Lipinski definition) is 9. The fourth-order valence-electron chi connectivity index (χ4n) is 7.08. The van der Waals surface area contributed by atoms with E-state index < -0.39 is 42.0 Å². The maximum atomic E-state index is 13.9. The minimum absolute atomic E-state index is 0.000439. The number of amides is 5. The summed E-state index contributed by atoms with van der Waals surface area (Å²) in [4.78, 5) is 70.8. The number of piperidine rings is 1. The number of likely N-dealkylation sites (N-methyl/N-ethyl adjacent to an activating group) is 1. The van der Waals surface area contributed by atoms with Crippen molar-refractivity contribution in [2.45, 2.75) is 116 Å². The zero-order chi connectivity index (χ0) is 36.0. The first-order valence-corrected chi connectivity index (χ1v) is 17.6. The molecule has 2 aliphatic rings. The van der Waals surface area contributed by atoms with E-state index >= 15 is 0 Å². The Morgan fingerprint density at radius 2 is 1.60 bits per heavy atom. The summed E-state index contributed by atoms with van der Waals surface area (Å²) in [6.45, 7) is 12.0. The van der Waals surface area contributed by atoms with Crippen molar-refractivity contribution < 1.29 is 38.7 Å². The van der Waals surface area contributed by atoms with E-state index in [-0.39, 0.29) is 55.1 Å². The van der Waals surface area contributed by atoms with Crippen LogP contribution in [0.1, 0.15) is 86.0 Å².